The Bertz CT molecular complexity index is 1130. The second kappa shape index (κ2) is 11.9. The van der Waals surface area contributed by atoms with Crippen molar-refractivity contribution in [1.29, 1.82) is 0 Å². The first kappa shape index (κ1) is 23.3. The zero-order chi connectivity index (χ0) is 21.3. The van der Waals surface area contributed by atoms with Gasteiger partial charge >= 0.3 is 20.1 Å². The molecule has 0 aliphatic carbocycles. The van der Waals surface area contributed by atoms with Crippen LogP contribution in [-0.4, -0.2) is 4.98 Å². The number of hydrogen-bond donors (Lipinski definition) is 0. The molecule has 0 saturated heterocycles. The monoisotopic (exact) mass is 589 g/mol. The normalized spacial score (nSPS) is 9.78. The summed E-state index contributed by atoms with van der Waals surface area (Å²) in [5, 5.41) is 0. The summed E-state index contributed by atoms with van der Waals surface area (Å²) in [5.74, 6) is 0. The van der Waals surface area contributed by atoms with E-state index in [9.17, 15) is 0 Å². The summed E-state index contributed by atoms with van der Waals surface area (Å²) in [7, 11) is 0. The number of benzene rings is 4. The Hall–Kier alpha value is -3.32. The van der Waals surface area contributed by atoms with E-state index in [-0.39, 0.29) is 20.1 Å². The molecule has 5 aromatic rings. The van der Waals surface area contributed by atoms with E-state index in [1.54, 1.807) is 0 Å². The molecule has 32 heavy (non-hydrogen) atoms. The number of pyridine rings is 1. The molecule has 0 amide bonds. The minimum absolute atomic E-state index is 0. The molecule has 0 bridgehead atoms. The zero-order valence-electron chi connectivity index (χ0n) is 17.8. The van der Waals surface area contributed by atoms with Crippen LogP contribution in [0.5, 0.6) is 0 Å². The number of aryl methyl sites for hydroxylation is 1. The molecule has 0 saturated carbocycles. The van der Waals surface area contributed by atoms with Crippen LogP contribution < -0.4 is 0 Å². The molecule has 0 N–H and O–H groups in total. The van der Waals surface area contributed by atoms with Crippen LogP contribution in [0.1, 0.15) is 5.56 Å². The molecule has 1 aromatic heterocycles. The predicted octanol–water partition coefficient (Wildman–Crippen LogP) is 7.48. The average Bonchev–Trinajstić information content (AvgIpc) is 2.87. The van der Waals surface area contributed by atoms with E-state index in [0.717, 1.165) is 22.4 Å². The number of aromatic nitrogens is 1. The van der Waals surface area contributed by atoms with E-state index >= 15 is 0 Å². The summed E-state index contributed by atoms with van der Waals surface area (Å²) in [4.78, 5) is 4.32. The standard InChI is InChI=1S/C18H12.C12H10N.Ir/c1-3-7-15(8-4-1)17-11-13-18(14-12-17)16-9-5-2-6-10-16;1-10-7-8-12(13-9-10)11-5-3-2-4-6-11;/h1-9,11-13H;2-5,7-9H,1H3;/q-2;-1;+3. The molecule has 0 aliphatic rings. The number of nitrogens with zero attached hydrogens (tertiary/aromatic N) is 1. The van der Waals surface area contributed by atoms with Gasteiger partial charge in [-0.2, -0.15) is 36.4 Å². The Morgan fingerprint density at radius 2 is 1.22 bits per heavy atom. The summed E-state index contributed by atoms with van der Waals surface area (Å²) in [5.41, 5.74) is 7.77. The first-order valence-corrected chi connectivity index (χ1v) is 10.2. The van der Waals surface area contributed by atoms with Crippen LogP contribution in [0, 0.1) is 25.1 Å². The molecule has 0 aliphatic heterocycles. The summed E-state index contributed by atoms with van der Waals surface area (Å²) in [6, 6.07) is 46.2. The second-order valence-corrected chi connectivity index (χ2v) is 7.13. The van der Waals surface area contributed by atoms with Gasteiger partial charge in [0.15, 0.2) is 0 Å². The van der Waals surface area contributed by atoms with Crippen molar-refractivity contribution in [2.45, 2.75) is 6.92 Å². The molecular weight excluding hydrogens is 567 g/mol. The maximum atomic E-state index is 4.32. The van der Waals surface area contributed by atoms with Crippen molar-refractivity contribution in [2.24, 2.45) is 0 Å². The Morgan fingerprint density at radius 3 is 1.78 bits per heavy atom. The van der Waals surface area contributed by atoms with Crippen LogP contribution in [-0.2, 0) is 20.1 Å². The van der Waals surface area contributed by atoms with Gasteiger partial charge in [-0.3, -0.25) is 0 Å². The summed E-state index contributed by atoms with van der Waals surface area (Å²) < 4.78 is 0. The molecule has 0 radical (unpaired) electrons. The summed E-state index contributed by atoms with van der Waals surface area (Å²) >= 11 is 0. The Labute approximate surface area is 204 Å². The van der Waals surface area contributed by atoms with Crippen LogP contribution in [0.15, 0.2) is 115 Å². The third kappa shape index (κ3) is 6.34. The molecule has 0 spiro atoms. The Kier molecular flexibility index (Phi) is 8.69. The van der Waals surface area contributed by atoms with Gasteiger partial charge in [-0.05, 0) is 18.2 Å². The van der Waals surface area contributed by atoms with Crippen molar-refractivity contribution in [1.82, 2.24) is 4.98 Å². The molecule has 0 fully saturated rings. The van der Waals surface area contributed by atoms with E-state index in [1.807, 2.05) is 92.0 Å². The minimum Gasteiger partial charge on any atom is -0.304 e. The largest absolute Gasteiger partial charge is 3.00 e. The molecule has 4 aromatic carbocycles. The zero-order valence-corrected chi connectivity index (χ0v) is 20.1. The average molecular weight is 589 g/mol. The van der Waals surface area contributed by atoms with Gasteiger partial charge in [0.25, 0.3) is 0 Å². The van der Waals surface area contributed by atoms with Crippen LogP contribution in [0.25, 0.3) is 33.5 Å². The van der Waals surface area contributed by atoms with Gasteiger partial charge in [0, 0.05) is 6.20 Å². The van der Waals surface area contributed by atoms with Gasteiger partial charge in [-0.15, -0.1) is 59.7 Å². The second-order valence-electron chi connectivity index (χ2n) is 7.13. The van der Waals surface area contributed by atoms with Crippen molar-refractivity contribution >= 4 is 0 Å². The van der Waals surface area contributed by atoms with E-state index in [2.05, 4.69) is 53.5 Å². The molecule has 0 unspecified atom stereocenters. The quantitative estimate of drug-likeness (QED) is 0.199. The van der Waals surface area contributed by atoms with Crippen LogP contribution >= 0.6 is 0 Å². The number of hydrogen-bond acceptors (Lipinski definition) is 1. The van der Waals surface area contributed by atoms with Crippen molar-refractivity contribution in [3.63, 3.8) is 0 Å². The molecular formula is C30H22IrN. The van der Waals surface area contributed by atoms with Gasteiger partial charge in [-0.25, -0.2) is 11.1 Å². The van der Waals surface area contributed by atoms with Crippen molar-refractivity contribution < 1.29 is 20.1 Å². The fourth-order valence-corrected chi connectivity index (χ4v) is 3.14. The maximum Gasteiger partial charge on any atom is 3.00 e. The molecule has 1 nitrogen and oxygen atoms in total. The van der Waals surface area contributed by atoms with Crippen molar-refractivity contribution in [3.05, 3.63) is 139 Å². The fraction of sp³-hybridized carbons (Fsp3) is 0.0333. The maximum absolute atomic E-state index is 4.32. The van der Waals surface area contributed by atoms with Gasteiger partial charge in [0.2, 0.25) is 0 Å². The van der Waals surface area contributed by atoms with Gasteiger partial charge in [-0.1, -0.05) is 48.0 Å². The fourth-order valence-electron chi connectivity index (χ4n) is 3.14. The van der Waals surface area contributed by atoms with Crippen molar-refractivity contribution in [3.8, 4) is 33.5 Å². The van der Waals surface area contributed by atoms with E-state index in [4.69, 9.17) is 0 Å². The smallest absolute Gasteiger partial charge is 0.304 e. The van der Waals surface area contributed by atoms with Crippen LogP contribution in [0.2, 0.25) is 0 Å². The van der Waals surface area contributed by atoms with Gasteiger partial charge in [0.05, 0.1) is 0 Å². The Morgan fingerprint density at radius 1 is 0.562 bits per heavy atom. The molecule has 0 atom stereocenters. The Balaban J connectivity index is 0.000000184. The third-order valence-corrected chi connectivity index (χ3v) is 4.82. The third-order valence-electron chi connectivity index (χ3n) is 4.82. The van der Waals surface area contributed by atoms with E-state index in [0.29, 0.717) is 0 Å². The SMILES string of the molecule is Cc1ccc(-c2[c-]cccc2)nc1.[Ir+3].[c-]1ccccc1-c1[c-]cc(-c2ccccc2)cc1. The molecule has 5 rings (SSSR count). The van der Waals surface area contributed by atoms with Gasteiger partial charge in [0.1, 0.15) is 0 Å². The molecule has 1 heterocycles. The van der Waals surface area contributed by atoms with Crippen LogP contribution in [0.4, 0.5) is 0 Å². The predicted molar refractivity (Wildman–Crippen MR) is 128 cm³/mol. The molecule has 156 valence electrons. The minimum atomic E-state index is 0. The topological polar surface area (TPSA) is 12.9 Å². The van der Waals surface area contributed by atoms with E-state index in [1.165, 1.54) is 16.7 Å². The van der Waals surface area contributed by atoms with Crippen LogP contribution in [0.3, 0.4) is 0 Å². The van der Waals surface area contributed by atoms with Crippen molar-refractivity contribution in [2.75, 3.05) is 0 Å². The first-order chi connectivity index (χ1) is 15.3. The van der Waals surface area contributed by atoms with Gasteiger partial charge < -0.3 is 4.98 Å². The van der Waals surface area contributed by atoms with E-state index < -0.39 is 0 Å². The summed E-state index contributed by atoms with van der Waals surface area (Å²) in [6.07, 6.45) is 1.87. The summed E-state index contributed by atoms with van der Waals surface area (Å²) in [6.45, 7) is 2.03. The first-order valence-electron chi connectivity index (χ1n) is 10.2. The number of rotatable bonds is 3. The molecule has 2 heteroatoms.